The highest BCUT2D eigenvalue weighted by molar-refractivity contribution is 5.81. The fourth-order valence-electron chi connectivity index (χ4n) is 2.28. The first-order valence-electron chi connectivity index (χ1n) is 6.26. The molecule has 1 heteroatoms. The second kappa shape index (κ2) is 6.21. The Morgan fingerprint density at radius 1 is 1.43 bits per heavy atom. The Balaban J connectivity index is 2.13. The molecule has 0 saturated heterocycles. The minimum atomic E-state index is 0.424. The average molecular weight is 196 g/mol. The molecule has 2 atom stereocenters. The minimum Gasteiger partial charge on any atom is -0.299 e. The molecular formula is C13H24O. The van der Waals surface area contributed by atoms with Crippen LogP contribution in [-0.2, 0) is 4.79 Å². The summed E-state index contributed by atoms with van der Waals surface area (Å²) in [5, 5.41) is 0. The summed E-state index contributed by atoms with van der Waals surface area (Å²) in [4.78, 5) is 11.5. The van der Waals surface area contributed by atoms with Crippen molar-refractivity contribution in [1.82, 2.24) is 0 Å². The Bertz CT molecular complexity index is 174. The molecular weight excluding hydrogens is 172 g/mol. The summed E-state index contributed by atoms with van der Waals surface area (Å²) in [6.07, 6.45) is 9.43. The number of hydrogen-bond donors (Lipinski definition) is 0. The van der Waals surface area contributed by atoms with E-state index in [9.17, 15) is 4.79 Å². The molecule has 1 aliphatic rings. The maximum Gasteiger partial charge on any atom is 0.135 e. The number of hydrogen-bond acceptors (Lipinski definition) is 1. The molecule has 82 valence electrons. The normalized spacial score (nSPS) is 25.0. The third-order valence-corrected chi connectivity index (χ3v) is 3.63. The van der Waals surface area contributed by atoms with Gasteiger partial charge in [-0.25, -0.2) is 0 Å². The summed E-state index contributed by atoms with van der Waals surface area (Å²) < 4.78 is 0. The summed E-state index contributed by atoms with van der Waals surface area (Å²) in [7, 11) is 0. The predicted octanol–water partition coefficient (Wildman–Crippen LogP) is 3.96. The summed E-state index contributed by atoms with van der Waals surface area (Å²) >= 11 is 0. The molecule has 0 bridgehead atoms. The second-order valence-corrected chi connectivity index (χ2v) is 4.85. The topological polar surface area (TPSA) is 17.1 Å². The smallest absolute Gasteiger partial charge is 0.135 e. The molecule has 0 aromatic rings. The van der Waals surface area contributed by atoms with Gasteiger partial charge in [-0.15, -0.1) is 0 Å². The van der Waals surface area contributed by atoms with Crippen LogP contribution in [0.2, 0.25) is 0 Å². The Kier molecular flexibility index (Phi) is 5.21. The zero-order valence-electron chi connectivity index (χ0n) is 9.72. The molecule has 0 radical (unpaired) electrons. The number of carbonyl (C=O) groups excluding carboxylic acids is 1. The van der Waals surface area contributed by atoms with Crippen molar-refractivity contribution in [3.8, 4) is 0 Å². The van der Waals surface area contributed by atoms with E-state index in [-0.39, 0.29) is 0 Å². The fraction of sp³-hybridized carbons (Fsp3) is 0.923. The summed E-state index contributed by atoms with van der Waals surface area (Å²) in [6, 6.07) is 0. The Hall–Kier alpha value is -0.330. The van der Waals surface area contributed by atoms with Gasteiger partial charge >= 0.3 is 0 Å². The van der Waals surface area contributed by atoms with E-state index in [0.29, 0.717) is 11.7 Å². The van der Waals surface area contributed by atoms with Crippen molar-refractivity contribution in [1.29, 1.82) is 0 Å². The van der Waals surface area contributed by atoms with Crippen LogP contribution in [0.4, 0.5) is 0 Å². The number of ketones is 1. The molecule has 0 aliphatic heterocycles. The largest absolute Gasteiger partial charge is 0.299 e. The van der Waals surface area contributed by atoms with Gasteiger partial charge in [0.15, 0.2) is 0 Å². The lowest BCUT2D eigenvalue weighted by molar-refractivity contribution is -0.124. The molecule has 0 aromatic heterocycles. The quantitative estimate of drug-likeness (QED) is 0.650. The van der Waals surface area contributed by atoms with Crippen molar-refractivity contribution in [2.24, 2.45) is 11.8 Å². The van der Waals surface area contributed by atoms with Gasteiger partial charge in [-0.1, -0.05) is 39.5 Å². The van der Waals surface area contributed by atoms with E-state index < -0.39 is 0 Å². The van der Waals surface area contributed by atoms with Gasteiger partial charge in [0.2, 0.25) is 0 Å². The van der Waals surface area contributed by atoms with E-state index in [0.717, 1.165) is 25.2 Å². The van der Waals surface area contributed by atoms with Crippen molar-refractivity contribution in [3.63, 3.8) is 0 Å². The van der Waals surface area contributed by atoms with E-state index in [1.807, 2.05) is 0 Å². The number of Topliss-reactive ketones (excluding diaryl/α,β-unsaturated/α-hetero) is 1. The van der Waals surface area contributed by atoms with Crippen molar-refractivity contribution >= 4 is 5.78 Å². The molecule has 1 nitrogen and oxygen atoms in total. The average Bonchev–Trinajstić information content (AvgIpc) is 2.20. The highest BCUT2D eigenvalue weighted by Crippen LogP contribution is 2.26. The standard InChI is InChI=1S/C13H24O/c1-3-11(2)7-6-9-12-8-4-5-10-13(12)14/h11-12H,3-10H2,1-2H3/t11-,12+/m0/s1. The highest BCUT2D eigenvalue weighted by Gasteiger charge is 2.21. The maximum atomic E-state index is 11.5. The van der Waals surface area contributed by atoms with Gasteiger partial charge in [0.25, 0.3) is 0 Å². The first kappa shape index (κ1) is 11.7. The molecule has 0 heterocycles. The molecule has 0 aromatic carbocycles. The molecule has 0 unspecified atom stereocenters. The molecule has 1 saturated carbocycles. The van der Waals surface area contributed by atoms with Crippen LogP contribution >= 0.6 is 0 Å². The summed E-state index contributed by atoms with van der Waals surface area (Å²) in [6.45, 7) is 4.55. The van der Waals surface area contributed by atoms with Crippen LogP contribution in [0, 0.1) is 11.8 Å². The van der Waals surface area contributed by atoms with E-state index in [1.54, 1.807) is 0 Å². The molecule has 0 amide bonds. The van der Waals surface area contributed by atoms with E-state index in [1.165, 1.54) is 32.1 Å². The zero-order chi connectivity index (χ0) is 10.4. The lowest BCUT2D eigenvalue weighted by Crippen LogP contribution is -2.18. The lowest BCUT2D eigenvalue weighted by atomic mass is 9.84. The number of rotatable bonds is 5. The Morgan fingerprint density at radius 3 is 2.86 bits per heavy atom. The van der Waals surface area contributed by atoms with Crippen LogP contribution < -0.4 is 0 Å². The van der Waals surface area contributed by atoms with Gasteiger partial charge in [-0.2, -0.15) is 0 Å². The van der Waals surface area contributed by atoms with Gasteiger partial charge in [0.05, 0.1) is 0 Å². The van der Waals surface area contributed by atoms with Gasteiger partial charge in [-0.05, 0) is 25.2 Å². The van der Waals surface area contributed by atoms with Gasteiger partial charge in [0, 0.05) is 12.3 Å². The van der Waals surface area contributed by atoms with Crippen LogP contribution in [0.25, 0.3) is 0 Å². The molecule has 14 heavy (non-hydrogen) atoms. The first-order chi connectivity index (χ1) is 6.74. The van der Waals surface area contributed by atoms with E-state index in [2.05, 4.69) is 13.8 Å². The monoisotopic (exact) mass is 196 g/mol. The van der Waals surface area contributed by atoms with Crippen LogP contribution in [0.15, 0.2) is 0 Å². The van der Waals surface area contributed by atoms with Crippen LogP contribution in [0.3, 0.4) is 0 Å². The van der Waals surface area contributed by atoms with Crippen molar-refractivity contribution < 1.29 is 4.79 Å². The molecule has 0 spiro atoms. The third kappa shape index (κ3) is 3.81. The number of carbonyl (C=O) groups is 1. The molecule has 0 N–H and O–H groups in total. The zero-order valence-corrected chi connectivity index (χ0v) is 9.72. The van der Waals surface area contributed by atoms with Crippen LogP contribution in [-0.4, -0.2) is 5.78 Å². The van der Waals surface area contributed by atoms with E-state index in [4.69, 9.17) is 0 Å². The van der Waals surface area contributed by atoms with Gasteiger partial charge in [-0.3, -0.25) is 4.79 Å². The van der Waals surface area contributed by atoms with Crippen molar-refractivity contribution in [2.45, 2.75) is 65.2 Å². The Labute approximate surface area is 88.3 Å². The summed E-state index contributed by atoms with van der Waals surface area (Å²) in [5.74, 6) is 1.81. The van der Waals surface area contributed by atoms with E-state index >= 15 is 0 Å². The first-order valence-corrected chi connectivity index (χ1v) is 6.26. The molecule has 1 rings (SSSR count). The molecule has 1 fully saturated rings. The Morgan fingerprint density at radius 2 is 2.21 bits per heavy atom. The van der Waals surface area contributed by atoms with Gasteiger partial charge in [0.1, 0.15) is 5.78 Å². The van der Waals surface area contributed by atoms with Crippen molar-refractivity contribution in [2.75, 3.05) is 0 Å². The fourth-order valence-corrected chi connectivity index (χ4v) is 2.28. The van der Waals surface area contributed by atoms with Gasteiger partial charge < -0.3 is 0 Å². The maximum absolute atomic E-state index is 11.5. The lowest BCUT2D eigenvalue weighted by Gasteiger charge is -2.20. The van der Waals surface area contributed by atoms with Crippen molar-refractivity contribution in [3.05, 3.63) is 0 Å². The summed E-state index contributed by atoms with van der Waals surface area (Å²) in [5.41, 5.74) is 0. The SMILES string of the molecule is CC[C@H](C)CCC[C@H]1CCCCC1=O. The third-order valence-electron chi connectivity index (χ3n) is 3.63. The van der Waals surface area contributed by atoms with Crippen LogP contribution in [0.5, 0.6) is 0 Å². The molecule has 1 aliphatic carbocycles. The highest BCUT2D eigenvalue weighted by atomic mass is 16.1. The van der Waals surface area contributed by atoms with Crippen LogP contribution in [0.1, 0.15) is 65.2 Å². The predicted molar refractivity (Wildman–Crippen MR) is 60.3 cm³/mol. The minimum absolute atomic E-state index is 0.424. The second-order valence-electron chi connectivity index (χ2n) is 4.85.